The van der Waals surface area contributed by atoms with Crippen molar-refractivity contribution in [2.45, 2.75) is 6.10 Å². The van der Waals surface area contributed by atoms with Crippen molar-refractivity contribution in [2.75, 3.05) is 20.8 Å². The molecule has 1 unspecified atom stereocenters. The molecule has 2 aromatic carbocycles. The molecule has 5 nitrogen and oxygen atoms in total. The van der Waals surface area contributed by atoms with Crippen LogP contribution in [0.4, 0.5) is 0 Å². The molecular formula is C24H22N2O3. The Balaban J connectivity index is 1.73. The molecule has 0 aliphatic carbocycles. The van der Waals surface area contributed by atoms with Gasteiger partial charge < -0.3 is 18.8 Å². The van der Waals surface area contributed by atoms with E-state index < -0.39 is 0 Å². The Kier molecular flexibility index (Phi) is 4.25. The highest BCUT2D eigenvalue weighted by Crippen LogP contribution is 2.40. The second kappa shape index (κ2) is 6.94. The molecule has 1 atom stereocenters. The Morgan fingerprint density at radius 3 is 2.76 bits per heavy atom. The van der Waals surface area contributed by atoms with E-state index >= 15 is 0 Å². The van der Waals surface area contributed by atoms with Gasteiger partial charge in [-0.15, -0.1) is 0 Å². The van der Waals surface area contributed by atoms with Gasteiger partial charge in [0.25, 0.3) is 0 Å². The molecule has 29 heavy (non-hydrogen) atoms. The smallest absolute Gasteiger partial charge is 0.153 e. The maximum Gasteiger partial charge on any atom is 0.153 e. The van der Waals surface area contributed by atoms with E-state index in [0.29, 0.717) is 6.61 Å². The zero-order chi connectivity index (χ0) is 20.0. The number of benzene rings is 2. The van der Waals surface area contributed by atoms with Crippen LogP contribution in [-0.2, 0) is 16.5 Å². The zero-order valence-corrected chi connectivity index (χ0v) is 16.7. The van der Waals surface area contributed by atoms with Gasteiger partial charge in [0.2, 0.25) is 0 Å². The molecule has 0 radical (unpaired) electrons. The van der Waals surface area contributed by atoms with Crippen molar-refractivity contribution < 1.29 is 14.2 Å². The number of methoxy groups -OCH3 is 2. The molecular weight excluding hydrogens is 364 g/mol. The van der Waals surface area contributed by atoms with Crippen LogP contribution in [0.1, 0.15) is 22.9 Å². The average Bonchev–Trinajstić information content (AvgIpc) is 3.08. The summed E-state index contributed by atoms with van der Waals surface area (Å²) < 4.78 is 19.3. The summed E-state index contributed by atoms with van der Waals surface area (Å²) in [4.78, 5) is 4.92. The van der Waals surface area contributed by atoms with Crippen molar-refractivity contribution in [3.63, 3.8) is 0 Å². The Labute approximate surface area is 169 Å². The Morgan fingerprint density at radius 1 is 1.07 bits per heavy atom. The molecule has 0 N–H and O–H groups in total. The van der Waals surface area contributed by atoms with Gasteiger partial charge in [-0.3, -0.25) is 0 Å². The second-order valence-corrected chi connectivity index (χ2v) is 7.28. The number of hydrogen-bond donors (Lipinski definition) is 0. The summed E-state index contributed by atoms with van der Waals surface area (Å²) in [7, 11) is 5.40. The number of rotatable bonds is 4. The molecule has 5 heteroatoms. The van der Waals surface area contributed by atoms with Gasteiger partial charge in [0.05, 0.1) is 18.3 Å². The molecule has 0 fully saturated rings. The van der Waals surface area contributed by atoms with Crippen LogP contribution in [0, 0.1) is 0 Å². The summed E-state index contributed by atoms with van der Waals surface area (Å²) in [5.74, 6) is 1.57. The summed E-state index contributed by atoms with van der Waals surface area (Å²) in [6.45, 7) is 0.401. The van der Waals surface area contributed by atoms with Crippen LogP contribution in [0.15, 0.2) is 60.5 Å². The number of ether oxygens (including phenoxy) is 3. The van der Waals surface area contributed by atoms with Gasteiger partial charge >= 0.3 is 0 Å². The van der Waals surface area contributed by atoms with Gasteiger partial charge in [-0.1, -0.05) is 18.2 Å². The maximum atomic E-state index is 6.41. The van der Waals surface area contributed by atoms with E-state index in [2.05, 4.69) is 48.1 Å². The second-order valence-electron chi connectivity index (χ2n) is 7.28. The third-order valence-corrected chi connectivity index (χ3v) is 5.43. The summed E-state index contributed by atoms with van der Waals surface area (Å²) >= 11 is 0. The lowest BCUT2D eigenvalue weighted by molar-refractivity contribution is 0.0958. The lowest BCUT2D eigenvalue weighted by atomic mass is 9.95. The van der Waals surface area contributed by atoms with Crippen molar-refractivity contribution >= 4 is 27.9 Å². The minimum Gasteiger partial charge on any atom is -0.497 e. The first kappa shape index (κ1) is 17.8. The largest absolute Gasteiger partial charge is 0.497 e. The fourth-order valence-corrected chi connectivity index (χ4v) is 4.06. The highest BCUT2D eigenvalue weighted by Gasteiger charge is 2.28. The number of hydrogen-bond acceptors (Lipinski definition) is 4. The van der Waals surface area contributed by atoms with Crippen molar-refractivity contribution in [2.24, 2.45) is 7.05 Å². The van der Waals surface area contributed by atoms with E-state index in [-0.39, 0.29) is 6.10 Å². The highest BCUT2D eigenvalue weighted by atomic mass is 16.5. The van der Waals surface area contributed by atoms with Crippen LogP contribution in [-0.4, -0.2) is 30.4 Å². The van der Waals surface area contributed by atoms with E-state index in [1.165, 1.54) is 10.9 Å². The minimum absolute atomic E-state index is 0.245. The standard InChI is InChI=1S/C24H22N2O3/c1-26-13-20(18-6-4-5-7-23(18)26)24-19-10-15-8-9-16(28-3)11-21(15)25-22(19)12-17(29-24)14-27-2/h4-13,24H,14H2,1-3H3. The molecule has 5 rings (SSSR count). The zero-order valence-electron chi connectivity index (χ0n) is 16.7. The van der Waals surface area contributed by atoms with E-state index in [4.69, 9.17) is 19.2 Å². The predicted molar refractivity (Wildman–Crippen MR) is 114 cm³/mol. The van der Waals surface area contributed by atoms with Crippen molar-refractivity contribution in [1.29, 1.82) is 0 Å². The highest BCUT2D eigenvalue weighted by molar-refractivity contribution is 5.87. The Morgan fingerprint density at radius 2 is 1.93 bits per heavy atom. The fourth-order valence-electron chi connectivity index (χ4n) is 4.06. The molecule has 0 saturated heterocycles. The number of pyridine rings is 1. The van der Waals surface area contributed by atoms with E-state index in [1.807, 2.05) is 24.3 Å². The van der Waals surface area contributed by atoms with Gasteiger partial charge in [-0.25, -0.2) is 4.98 Å². The third kappa shape index (κ3) is 2.95. The number of fused-ring (bicyclic) bond motifs is 3. The number of nitrogens with zero attached hydrogens (tertiary/aromatic N) is 2. The normalized spacial score (nSPS) is 15.8. The van der Waals surface area contributed by atoms with Crippen molar-refractivity contribution in [3.05, 3.63) is 77.3 Å². The van der Waals surface area contributed by atoms with Crippen LogP contribution in [0.3, 0.4) is 0 Å². The van der Waals surface area contributed by atoms with Crippen LogP contribution in [0.2, 0.25) is 0 Å². The molecule has 4 aromatic rings. The van der Waals surface area contributed by atoms with Crippen molar-refractivity contribution in [3.8, 4) is 5.75 Å². The summed E-state index contributed by atoms with van der Waals surface area (Å²) in [6.07, 6.45) is 3.87. The molecule has 2 aromatic heterocycles. The molecule has 146 valence electrons. The average molecular weight is 386 g/mol. The fraction of sp³-hybridized carbons (Fsp3) is 0.208. The quantitative estimate of drug-likeness (QED) is 0.503. The molecule has 0 amide bonds. The van der Waals surface area contributed by atoms with Crippen LogP contribution in [0.5, 0.6) is 5.75 Å². The topological polar surface area (TPSA) is 45.5 Å². The third-order valence-electron chi connectivity index (χ3n) is 5.43. The van der Waals surface area contributed by atoms with E-state index in [9.17, 15) is 0 Å². The van der Waals surface area contributed by atoms with Gasteiger partial charge in [0.1, 0.15) is 18.1 Å². The van der Waals surface area contributed by atoms with Crippen molar-refractivity contribution in [1.82, 2.24) is 9.55 Å². The van der Waals surface area contributed by atoms with Gasteiger partial charge in [0, 0.05) is 59.9 Å². The molecule has 0 spiro atoms. The lowest BCUT2D eigenvalue weighted by Gasteiger charge is -2.27. The first-order valence-corrected chi connectivity index (χ1v) is 9.57. The summed E-state index contributed by atoms with van der Waals surface area (Å²) in [5.41, 5.74) is 5.16. The van der Waals surface area contributed by atoms with Gasteiger partial charge in [-0.05, 0) is 24.3 Å². The first-order chi connectivity index (χ1) is 14.2. The number of para-hydroxylation sites is 1. The number of aryl methyl sites for hydroxylation is 1. The van der Waals surface area contributed by atoms with Gasteiger partial charge in [0.15, 0.2) is 6.10 Å². The predicted octanol–water partition coefficient (Wildman–Crippen LogP) is 4.84. The molecule has 0 bridgehead atoms. The lowest BCUT2D eigenvalue weighted by Crippen LogP contribution is -2.15. The molecule has 1 aliphatic heterocycles. The first-order valence-electron chi connectivity index (χ1n) is 9.57. The Hall–Kier alpha value is -3.31. The maximum absolute atomic E-state index is 6.41. The van der Waals surface area contributed by atoms with E-state index in [0.717, 1.165) is 39.2 Å². The summed E-state index contributed by atoms with van der Waals surface area (Å²) in [6, 6.07) is 16.5. The monoisotopic (exact) mass is 386 g/mol. The number of aromatic nitrogens is 2. The Bertz CT molecular complexity index is 1260. The van der Waals surface area contributed by atoms with Crippen LogP contribution < -0.4 is 4.74 Å². The minimum atomic E-state index is -0.245. The van der Waals surface area contributed by atoms with Gasteiger partial charge in [-0.2, -0.15) is 0 Å². The molecule has 0 saturated carbocycles. The molecule has 3 heterocycles. The summed E-state index contributed by atoms with van der Waals surface area (Å²) in [5, 5.41) is 2.24. The van der Waals surface area contributed by atoms with E-state index in [1.54, 1.807) is 14.2 Å². The SMILES string of the molecule is COCC1=Cc2nc3cc(OC)ccc3cc2C(c2cn(C)c3ccccc23)O1. The molecule has 1 aliphatic rings. The van der Waals surface area contributed by atoms with Crippen LogP contribution in [0.25, 0.3) is 27.9 Å². The van der Waals surface area contributed by atoms with Crippen LogP contribution >= 0.6 is 0 Å².